The van der Waals surface area contributed by atoms with Crippen LogP contribution in [0.1, 0.15) is 5.56 Å². The predicted octanol–water partition coefficient (Wildman–Crippen LogP) is 1.43. The maximum Gasteiger partial charge on any atom is 0.319 e. The van der Waals surface area contributed by atoms with E-state index in [1.807, 2.05) is 0 Å². The first-order valence-corrected chi connectivity index (χ1v) is 4.62. The van der Waals surface area contributed by atoms with Crippen LogP contribution < -0.4 is 0 Å². The number of ether oxygens (including phenoxy) is 1. The van der Waals surface area contributed by atoms with Crippen LogP contribution in [0.15, 0.2) is 24.3 Å². The Morgan fingerprint density at radius 1 is 1.47 bits per heavy atom. The molecule has 0 aliphatic rings. The molecule has 82 valence electrons. The molecule has 1 aromatic carbocycles. The van der Waals surface area contributed by atoms with Gasteiger partial charge in [-0.2, -0.15) is 0 Å². The molecule has 1 aromatic rings. The molecule has 0 unspecified atom stereocenters. The zero-order valence-corrected chi connectivity index (χ0v) is 8.87. The summed E-state index contributed by atoms with van der Waals surface area (Å²) in [5.41, 5.74) is 0.573. The zero-order valence-electron chi connectivity index (χ0n) is 8.87. The van der Waals surface area contributed by atoms with Crippen molar-refractivity contribution < 1.29 is 13.9 Å². The Morgan fingerprint density at radius 2 is 2.13 bits per heavy atom. The summed E-state index contributed by atoms with van der Waals surface area (Å²) in [5, 5.41) is 0. The van der Waals surface area contributed by atoms with E-state index in [2.05, 4.69) is 4.74 Å². The van der Waals surface area contributed by atoms with Crippen molar-refractivity contribution in [2.45, 2.75) is 6.54 Å². The summed E-state index contributed by atoms with van der Waals surface area (Å²) in [7, 11) is 3.07. The van der Waals surface area contributed by atoms with Crippen LogP contribution in [0, 0.1) is 5.82 Å². The molecule has 1 rings (SSSR count). The third kappa shape index (κ3) is 3.67. The van der Waals surface area contributed by atoms with Crippen molar-refractivity contribution in [3.63, 3.8) is 0 Å². The summed E-state index contributed by atoms with van der Waals surface area (Å²) >= 11 is 0. The monoisotopic (exact) mass is 211 g/mol. The van der Waals surface area contributed by atoms with Gasteiger partial charge in [-0.05, 0) is 13.1 Å². The van der Waals surface area contributed by atoms with Crippen LogP contribution in [0.2, 0.25) is 0 Å². The Labute approximate surface area is 88.5 Å². The fourth-order valence-electron chi connectivity index (χ4n) is 1.26. The highest BCUT2D eigenvalue weighted by atomic mass is 19.1. The number of hydrogen-bond donors (Lipinski definition) is 0. The lowest BCUT2D eigenvalue weighted by atomic mass is 10.2. The molecule has 0 aromatic heterocycles. The fraction of sp³-hybridized carbons (Fsp3) is 0.364. The minimum Gasteiger partial charge on any atom is -0.468 e. The van der Waals surface area contributed by atoms with E-state index in [0.717, 1.165) is 0 Å². The molecule has 0 fully saturated rings. The normalized spacial score (nSPS) is 10.4. The molecular weight excluding hydrogens is 197 g/mol. The topological polar surface area (TPSA) is 29.5 Å². The van der Waals surface area contributed by atoms with Crippen LogP contribution in [0.3, 0.4) is 0 Å². The minimum atomic E-state index is -0.325. The van der Waals surface area contributed by atoms with E-state index < -0.39 is 0 Å². The second-order valence-electron chi connectivity index (χ2n) is 3.34. The first-order chi connectivity index (χ1) is 7.13. The van der Waals surface area contributed by atoms with Gasteiger partial charge in [0, 0.05) is 12.1 Å². The van der Waals surface area contributed by atoms with Crippen LogP contribution in [0.5, 0.6) is 0 Å². The second-order valence-corrected chi connectivity index (χ2v) is 3.34. The predicted molar refractivity (Wildman–Crippen MR) is 54.8 cm³/mol. The zero-order chi connectivity index (χ0) is 11.3. The van der Waals surface area contributed by atoms with Gasteiger partial charge in [0.1, 0.15) is 5.82 Å². The summed E-state index contributed by atoms with van der Waals surface area (Å²) in [4.78, 5) is 12.6. The second kappa shape index (κ2) is 5.46. The molecule has 0 radical (unpaired) electrons. The highest BCUT2D eigenvalue weighted by Gasteiger charge is 2.08. The quantitative estimate of drug-likeness (QED) is 0.706. The van der Waals surface area contributed by atoms with Gasteiger partial charge >= 0.3 is 5.97 Å². The Hall–Kier alpha value is -1.42. The minimum absolute atomic E-state index is 0.158. The van der Waals surface area contributed by atoms with Gasteiger partial charge in [-0.25, -0.2) is 4.39 Å². The van der Waals surface area contributed by atoms with Crippen LogP contribution in [0.25, 0.3) is 0 Å². The van der Waals surface area contributed by atoms with E-state index in [4.69, 9.17) is 0 Å². The molecule has 0 spiro atoms. The molecular formula is C11H14FNO2. The van der Waals surface area contributed by atoms with Crippen molar-refractivity contribution in [3.05, 3.63) is 35.6 Å². The molecule has 0 heterocycles. The van der Waals surface area contributed by atoms with E-state index in [9.17, 15) is 9.18 Å². The number of likely N-dealkylation sites (N-methyl/N-ethyl adjacent to an activating group) is 1. The van der Waals surface area contributed by atoms with Crippen LogP contribution in [0.4, 0.5) is 4.39 Å². The van der Waals surface area contributed by atoms with Crippen molar-refractivity contribution in [1.29, 1.82) is 0 Å². The standard InChI is InChI=1S/C11H14FNO2/c1-13(8-11(14)15-2)7-9-5-3-4-6-10(9)12/h3-6H,7-8H2,1-2H3. The van der Waals surface area contributed by atoms with E-state index in [-0.39, 0.29) is 18.3 Å². The average Bonchev–Trinajstić information content (AvgIpc) is 2.21. The van der Waals surface area contributed by atoms with Gasteiger partial charge in [-0.3, -0.25) is 9.69 Å². The lowest BCUT2D eigenvalue weighted by Gasteiger charge is -2.15. The van der Waals surface area contributed by atoms with Crippen LogP contribution in [-0.4, -0.2) is 31.6 Å². The third-order valence-corrected chi connectivity index (χ3v) is 2.02. The summed E-state index contributed by atoms with van der Waals surface area (Å²) in [6.45, 7) is 0.548. The van der Waals surface area contributed by atoms with E-state index in [0.29, 0.717) is 12.1 Å². The number of esters is 1. The Bertz CT molecular complexity index is 341. The molecule has 15 heavy (non-hydrogen) atoms. The SMILES string of the molecule is COC(=O)CN(C)Cc1ccccc1F. The lowest BCUT2D eigenvalue weighted by molar-refractivity contribution is -0.141. The number of halogens is 1. The van der Waals surface area contributed by atoms with Crippen molar-refractivity contribution in [2.24, 2.45) is 0 Å². The van der Waals surface area contributed by atoms with Crippen molar-refractivity contribution in [1.82, 2.24) is 4.90 Å². The molecule has 0 saturated carbocycles. The van der Waals surface area contributed by atoms with Gasteiger partial charge in [0.05, 0.1) is 13.7 Å². The van der Waals surface area contributed by atoms with E-state index in [1.165, 1.54) is 13.2 Å². The van der Waals surface area contributed by atoms with Crippen molar-refractivity contribution in [2.75, 3.05) is 20.7 Å². The number of carbonyl (C=O) groups is 1. The summed E-state index contributed by atoms with van der Waals surface area (Å²) in [6.07, 6.45) is 0. The Morgan fingerprint density at radius 3 is 2.73 bits per heavy atom. The lowest BCUT2D eigenvalue weighted by Crippen LogP contribution is -2.26. The molecule has 0 atom stereocenters. The number of rotatable bonds is 4. The molecule has 0 aliphatic heterocycles. The Balaban J connectivity index is 2.55. The van der Waals surface area contributed by atoms with E-state index in [1.54, 1.807) is 30.1 Å². The summed E-state index contributed by atoms with van der Waals surface area (Å²) in [6, 6.07) is 6.51. The third-order valence-electron chi connectivity index (χ3n) is 2.02. The van der Waals surface area contributed by atoms with Crippen LogP contribution >= 0.6 is 0 Å². The van der Waals surface area contributed by atoms with Crippen molar-refractivity contribution in [3.8, 4) is 0 Å². The number of hydrogen-bond acceptors (Lipinski definition) is 3. The first-order valence-electron chi connectivity index (χ1n) is 4.62. The van der Waals surface area contributed by atoms with Crippen molar-refractivity contribution >= 4 is 5.97 Å². The van der Waals surface area contributed by atoms with Gasteiger partial charge in [-0.15, -0.1) is 0 Å². The first kappa shape index (κ1) is 11.7. The summed E-state index contributed by atoms with van der Waals surface area (Å²) < 4.78 is 17.7. The molecule has 4 heteroatoms. The largest absolute Gasteiger partial charge is 0.468 e. The molecule has 3 nitrogen and oxygen atoms in total. The molecule has 0 saturated heterocycles. The maximum absolute atomic E-state index is 13.2. The van der Waals surface area contributed by atoms with Gasteiger partial charge in [-0.1, -0.05) is 18.2 Å². The molecule has 0 amide bonds. The Kier molecular flexibility index (Phi) is 4.24. The fourth-order valence-corrected chi connectivity index (χ4v) is 1.26. The maximum atomic E-state index is 13.2. The van der Waals surface area contributed by atoms with Gasteiger partial charge in [0.15, 0.2) is 0 Å². The molecule has 0 aliphatic carbocycles. The smallest absolute Gasteiger partial charge is 0.319 e. The van der Waals surface area contributed by atoms with E-state index >= 15 is 0 Å². The number of methoxy groups -OCH3 is 1. The average molecular weight is 211 g/mol. The number of nitrogens with zero attached hydrogens (tertiary/aromatic N) is 1. The van der Waals surface area contributed by atoms with Gasteiger partial charge in [0.25, 0.3) is 0 Å². The molecule has 0 N–H and O–H groups in total. The highest BCUT2D eigenvalue weighted by Crippen LogP contribution is 2.08. The van der Waals surface area contributed by atoms with Gasteiger partial charge in [0.2, 0.25) is 0 Å². The summed E-state index contributed by atoms with van der Waals surface area (Å²) in [5.74, 6) is -0.581. The van der Waals surface area contributed by atoms with Gasteiger partial charge < -0.3 is 4.74 Å². The number of carbonyl (C=O) groups excluding carboxylic acids is 1. The van der Waals surface area contributed by atoms with Crippen LogP contribution in [-0.2, 0) is 16.1 Å². The number of benzene rings is 1. The highest BCUT2D eigenvalue weighted by molar-refractivity contribution is 5.71. The molecule has 0 bridgehead atoms.